The predicted octanol–water partition coefficient (Wildman–Crippen LogP) is 3.09. The summed E-state index contributed by atoms with van der Waals surface area (Å²) < 4.78 is 0. The molecule has 0 aliphatic carbocycles. The summed E-state index contributed by atoms with van der Waals surface area (Å²) in [6.45, 7) is 2.94. The topological polar surface area (TPSA) is 65.0 Å². The van der Waals surface area contributed by atoms with E-state index < -0.39 is 12.2 Å². The van der Waals surface area contributed by atoms with Crippen LogP contribution < -0.4 is 5.32 Å². The Kier molecular flexibility index (Phi) is 6.77. The highest BCUT2D eigenvalue weighted by atomic mass is 32.2. The van der Waals surface area contributed by atoms with Crippen molar-refractivity contribution in [3.8, 4) is 0 Å². The summed E-state index contributed by atoms with van der Waals surface area (Å²) in [5.74, 6) is 0.747. The highest BCUT2D eigenvalue weighted by molar-refractivity contribution is 8.13. The molecule has 1 saturated heterocycles. The molecule has 1 fully saturated rings. The molecule has 3 rings (SSSR count). The fourth-order valence-electron chi connectivity index (χ4n) is 3.47. The lowest BCUT2D eigenvalue weighted by atomic mass is 10.1. The zero-order valence-corrected chi connectivity index (χ0v) is 16.9. The molecule has 27 heavy (non-hydrogen) atoms. The van der Waals surface area contributed by atoms with Gasteiger partial charge in [0, 0.05) is 19.3 Å². The van der Waals surface area contributed by atoms with Gasteiger partial charge in [-0.25, -0.2) is 9.79 Å². The summed E-state index contributed by atoms with van der Waals surface area (Å²) in [5, 5.41) is 3.35. The van der Waals surface area contributed by atoms with Crippen LogP contribution in [0, 0.1) is 0 Å². The maximum absolute atomic E-state index is 12.5. The molecule has 2 aliphatic heterocycles. The van der Waals surface area contributed by atoms with E-state index in [0.717, 1.165) is 36.7 Å². The quantitative estimate of drug-likeness (QED) is 0.695. The number of amides is 3. The number of likely N-dealkylation sites (N-methyl/N-ethyl adjacent to an activating group) is 1. The maximum Gasteiger partial charge on any atom is 0.325 e. The van der Waals surface area contributed by atoms with Crippen molar-refractivity contribution < 1.29 is 9.59 Å². The Hall–Kier alpha value is -2.02. The van der Waals surface area contributed by atoms with Crippen LogP contribution in [0.4, 0.5) is 4.79 Å². The number of aliphatic imine (C=N–C) groups is 1. The summed E-state index contributed by atoms with van der Waals surface area (Å²) in [5.41, 5.74) is 1.29. The van der Waals surface area contributed by atoms with E-state index in [4.69, 9.17) is 4.99 Å². The summed E-state index contributed by atoms with van der Waals surface area (Å²) >= 11 is 1.71. The van der Waals surface area contributed by atoms with Crippen LogP contribution in [-0.4, -0.2) is 58.5 Å². The second kappa shape index (κ2) is 9.26. The Bertz CT molecular complexity index is 694. The van der Waals surface area contributed by atoms with Gasteiger partial charge in [0.1, 0.15) is 0 Å². The van der Waals surface area contributed by atoms with Gasteiger partial charge in [-0.15, -0.1) is 0 Å². The number of nitrogens with one attached hydrogen (secondary N) is 1. The molecule has 0 spiro atoms. The molecular formula is C20H28N4O2S. The summed E-state index contributed by atoms with van der Waals surface area (Å²) in [4.78, 5) is 32.9. The summed E-state index contributed by atoms with van der Waals surface area (Å²) in [6, 6.07) is 9.58. The first-order valence-electron chi connectivity index (χ1n) is 9.70. The third-order valence-corrected chi connectivity index (χ3v) is 6.10. The molecule has 7 heteroatoms. The Labute approximate surface area is 165 Å². The number of hydrogen-bond donors (Lipinski definition) is 1. The van der Waals surface area contributed by atoms with Crippen LogP contribution in [0.25, 0.3) is 0 Å². The molecule has 1 aromatic carbocycles. The third kappa shape index (κ3) is 4.64. The molecule has 0 bridgehead atoms. The highest BCUT2D eigenvalue weighted by Crippen LogP contribution is 2.29. The molecular weight excluding hydrogens is 360 g/mol. The normalized spacial score (nSPS) is 21.9. The standard InChI is InChI=1S/C20H28N4O2S/c1-3-4-8-14-27-20-21-17-16(18(25)22-19(26)23(17)2)24(20)13-9-12-15-10-6-5-7-11-15/h5-7,10-11,16-17H,3-4,8-9,12-14H2,1-2H3,(H,22,25,26). The minimum atomic E-state index is -0.420. The largest absolute Gasteiger partial charge is 0.336 e. The number of rotatable bonds is 8. The number of amidine groups is 1. The van der Waals surface area contributed by atoms with Crippen LogP contribution in [0.5, 0.6) is 0 Å². The first-order valence-corrected chi connectivity index (χ1v) is 10.7. The summed E-state index contributed by atoms with van der Waals surface area (Å²) in [6.07, 6.45) is 4.98. The van der Waals surface area contributed by atoms with Gasteiger partial charge in [0.2, 0.25) is 0 Å². The number of thioether (sulfide) groups is 1. The van der Waals surface area contributed by atoms with Crippen molar-refractivity contribution >= 4 is 28.9 Å². The molecule has 1 aromatic rings. The summed E-state index contributed by atoms with van der Waals surface area (Å²) in [7, 11) is 1.70. The second-order valence-corrected chi connectivity index (χ2v) is 8.08. The van der Waals surface area contributed by atoms with E-state index in [1.807, 2.05) is 18.2 Å². The third-order valence-electron chi connectivity index (χ3n) is 5.01. The molecule has 146 valence electrons. The van der Waals surface area contributed by atoms with Gasteiger partial charge >= 0.3 is 6.03 Å². The molecule has 2 atom stereocenters. The number of benzene rings is 1. The minimum absolute atomic E-state index is 0.240. The fourth-order valence-corrected chi connectivity index (χ4v) is 4.55. The first kappa shape index (κ1) is 19.7. The minimum Gasteiger partial charge on any atom is -0.336 e. The number of nitrogens with zero attached hydrogens (tertiary/aromatic N) is 3. The van der Waals surface area contributed by atoms with Crippen LogP contribution in [0.15, 0.2) is 35.3 Å². The smallest absolute Gasteiger partial charge is 0.325 e. The van der Waals surface area contributed by atoms with E-state index in [1.54, 1.807) is 18.8 Å². The highest BCUT2D eigenvalue weighted by Gasteiger charge is 2.48. The number of urea groups is 1. The molecule has 3 amide bonds. The van der Waals surface area contributed by atoms with E-state index in [0.29, 0.717) is 0 Å². The average Bonchev–Trinajstić information content (AvgIpc) is 3.03. The van der Waals surface area contributed by atoms with Crippen LogP contribution in [0.3, 0.4) is 0 Å². The number of carbonyl (C=O) groups is 2. The van der Waals surface area contributed by atoms with E-state index >= 15 is 0 Å². The number of carbonyl (C=O) groups excluding carboxylic acids is 2. The predicted molar refractivity (Wildman–Crippen MR) is 110 cm³/mol. The van der Waals surface area contributed by atoms with Gasteiger partial charge in [0.25, 0.3) is 5.91 Å². The molecule has 1 N–H and O–H groups in total. The first-order chi connectivity index (χ1) is 13.1. The fraction of sp³-hybridized carbons (Fsp3) is 0.550. The van der Waals surface area contributed by atoms with Crippen LogP contribution >= 0.6 is 11.8 Å². The molecule has 2 aliphatic rings. The zero-order chi connectivity index (χ0) is 19.2. The Morgan fingerprint density at radius 3 is 2.67 bits per heavy atom. The zero-order valence-electron chi connectivity index (χ0n) is 16.1. The monoisotopic (exact) mass is 388 g/mol. The second-order valence-electron chi connectivity index (χ2n) is 7.01. The molecule has 0 saturated carbocycles. The number of unbranched alkanes of at least 4 members (excludes halogenated alkanes) is 2. The Morgan fingerprint density at radius 1 is 1.15 bits per heavy atom. The van der Waals surface area contributed by atoms with Gasteiger partial charge in [-0.1, -0.05) is 61.9 Å². The van der Waals surface area contributed by atoms with E-state index in [-0.39, 0.29) is 11.9 Å². The van der Waals surface area contributed by atoms with Gasteiger partial charge in [-0.3, -0.25) is 10.1 Å². The van der Waals surface area contributed by atoms with Crippen molar-refractivity contribution in [1.82, 2.24) is 15.1 Å². The van der Waals surface area contributed by atoms with E-state index in [2.05, 4.69) is 29.3 Å². The van der Waals surface area contributed by atoms with Crippen molar-refractivity contribution in [2.24, 2.45) is 4.99 Å². The van der Waals surface area contributed by atoms with Crippen LogP contribution in [-0.2, 0) is 11.2 Å². The molecule has 2 heterocycles. The van der Waals surface area contributed by atoms with E-state index in [1.165, 1.54) is 23.3 Å². The van der Waals surface area contributed by atoms with Crippen LogP contribution in [0.1, 0.15) is 38.2 Å². The number of imide groups is 1. The van der Waals surface area contributed by atoms with Crippen molar-refractivity contribution in [2.45, 2.75) is 51.2 Å². The van der Waals surface area contributed by atoms with E-state index in [9.17, 15) is 9.59 Å². The van der Waals surface area contributed by atoms with Crippen molar-refractivity contribution in [1.29, 1.82) is 0 Å². The maximum atomic E-state index is 12.5. The molecule has 0 radical (unpaired) electrons. The molecule has 0 aromatic heterocycles. The van der Waals surface area contributed by atoms with Gasteiger partial charge < -0.3 is 9.80 Å². The lowest BCUT2D eigenvalue weighted by Crippen LogP contribution is -2.63. The van der Waals surface area contributed by atoms with Crippen molar-refractivity contribution in [2.75, 3.05) is 19.3 Å². The van der Waals surface area contributed by atoms with Gasteiger partial charge in [-0.05, 0) is 24.8 Å². The number of hydrogen-bond acceptors (Lipinski definition) is 5. The van der Waals surface area contributed by atoms with Gasteiger partial charge in [-0.2, -0.15) is 0 Å². The van der Waals surface area contributed by atoms with Crippen LogP contribution in [0.2, 0.25) is 0 Å². The number of fused-ring (bicyclic) bond motifs is 1. The Balaban J connectivity index is 1.67. The SMILES string of the molecule is CCCCCSC1=NC2C(C(=O)NC(=O)N2C)N1CCCc1ccccc1. The van der Waals surface area contributed by atoms with Gasteiger partial charge in [0.15, 0.2) is 17.4 Å². The lowest BCUT2D eigenvalue weighted by Gasteiger charge is -2.36. The lowest BCUT2D eigenvalue weighted by molar-refractivity contribution is -0.127. The van der Waals surface area contributed by atoms with Crippen molar-refractivity contribution in [3.05, 3.63) is 35.9 Å². The Morgan fingerprint density at radius 2 is 1.93 bits per heavy atom. The average molecular weight is 389 g/mol. The molecule has 6 nitrogen and oxygen atoms in total. The molecule has 2 unspecified atom stereocenters. The van der Waals surface area contributed by atoms with Crippen molar-refractivity contribution in [3.63, 3.8) is 0 Å². The van der Waals surface area contributed by atoms with Gasteiger partial charge in [0.05, 0.1) is 0 Å². The number of aryl methyl sites for hydroxylation is 1.